The number of rotatable bonds is 6. The third-order valence-electron chi connectivity index (χ3n) is 2.29. The van der Waals surface area contributed by atoms with Crippen LogP contribution in [-0.2, 0) is 4.74 Å². The van der Waals surface area contributed by atoms with Crippen molar-refractivity contribution in [1.82, 2.24) is 15.1 Å². The lowest BCUT2D eigenvalue weighted by Gasteiger charge is -2.16. The first kappa shape index (κ1) is 14.3. The normalized spacial score (nSPS) is 12.0. The fraction of sp³-hybridized carbons (Fsp3) is 0.545. The fourth-order valence-electron chi connectivity index (χ4n) is 1.33. The van der Waals surface area contributed by atoms with Crippen LogP contribution in [0.4, 0.5) is 5.82 Å². The molecule has 0 fully saturated rings. The van der Waals surface area contributed by atoms with Crippen molar-refractivity contribution in [3.63, 3.8) is 0 Å². The van der Waals surface area contributed by atoms with Crippen molar-refractivity contribution in [2.75, 3.05) is 39.7 Å². The maximum absolute atomic E-state index is 11.6. The number of carbonyl (C=O) groups excluding carboxylic acids is 1. The second-order valence-corrected chi connectivity index (χ2v) is 4.04. The average molecular weight is 253 g/mol. The molecule has 7 heteroatoms. The van der Waals surface area contributed by atoms with Gasteiger partial charge in [-0.2, -0.15) is 0 Å². The molecule has 0 bridgehead atoms. The molecule has 0 saturated carbocycles. The Labute approximate surface area is 106 Å². The minimum absolute atomic E-state index is 0.0281. The van der Waals surface area contributed by atoms with Crippen molar-refractivity contribution >= 4 is 11.7 Å². The van der Waals surface area contributed by atoms with E-state index >= 15 is 0 Å². The highest BCUT2D eigenvalue weighted by Crippen LogP contribution is 2.05. The summed E-state index contributed by atoms with van der Waals surface area (Å²) in [6.07, 6.45) is 0. The van der Waals surface area contributed by atoms with E-state index in [0.717, 1.165) is 0 Å². The van der Waals surface area contributed by atoms with E-state index in [1.54, 1.807) is 33.3 Å². The van der Waals surface area contributed by atoms with Gasteiger partial charge in [0.05, 0.1) is 12.6 Å². The Bertz CT molecular complexity index is 380. The standard InChI is InChI=1S/C11H19N5O2/c1-16(2)11(17)9-4-5-10(15-14-9)13-8(6-12)7-18-3/h4-5,8H,6-7,12H2,1-3H3,(H,13,15). The number of methoxy groups -OCH3 is 1. The van der Waals surface area contributed by atoms with Crippen LogP contribution in [0, 0.1) is 0 Å². The third kappa shape index (κ3) is 3.94. The second-order valence-electron chi connectivity index (χ2n) is 4.04. The summed E-state index contributed by atoms with van der Waals surface area (Å²) < 4.78 is 5.01. The molecule has 7 nitrogen and oxygen atoms in total. The number of nitrogens with two attached hydrogens (primary N) is 1. The molecule has 0 aliphatic heterocycles. The lowest BCUT2D eigenvalue weighted by atomic mass is 10.3. The van der Waals surface area contributed by atoms with Crippen LogP contribution in [0.5, 0.6) is 0 Å². The highest BCUT2D eigenvalue weighted by Gasteiger charge is 2.11. The van der Waals surface area contributed by atoms with Crippen LogP contribution in [0.2, 0.25) is 0 Å². The number of hydrogen-bond donors (Lipinski definition) is 2. The zero-order chi connectivity index (χ0) is 13.5. The molecule has 0 aromatic carbocycles. The van der Waals surface area contributed by atoms with E-state index in [1.807, 2.05) is 0 Å². The number of ether oxygens (including phenoxy) is 1. The van der Waals surface area contributed by atoms with Crippen molar-refractivity contribution in [2.45, 2.75) is 6.04 Å². The molecule has 0 aliphatic carbocycles. The molecular weight excluding hydrogens is 234 g/mol. The number of nitrogens with zero attached hydrogens (tertiary/aromatic N) is 3. The summed E-state index contributed by atoms with van der Waals surface area (Å²) in [5.41, 5.74) is 5.88. The molecule has 0 saturated heterocycles. The van der Waals surface area contributed by atoms with Crippen molar-refractivity contribution in [1.29, 1.82) is 0 Å². The number of anilines is 1. The molecule has 1 heterocycles. The van der Waals surface area contributed by atoms with Crippen LogP contribution in [-0.4, -0.2) is 61.4 Å². The highest BCUT2D eigenvalue weighted by molar-refractivity contribution is 5.91. The molecule has 0 aliphatic rings. The van der Waals surface area contributed by atoms with Crippen LogP contribution < -0.4 is 11.1 Å². The van der Waals surface area contributed by atoms with Gasteiger partial charge in [0.1, 0.15) is 5.82 Å². The summed E-state index contributed by atoms with van der Waals surface area (Å²) in [6, 6.07) is 3.29. The van der Waals surface area contributed by atoms with Crippen LogP contribution in [0.3, 0.4) is 0 Å². The Balaban J connectivity index is 2.68. The van der Waals surface area contributed by atoms with E-state index in [9.17, 15) is 4.79 Å². The van der Waals surface area contributed by atoms with Crippen molar-refractivity contribution < 1.29 is 9.53 Å². The molecule has 1 amide bonds. The Morgan fingerprint density at radius 1 is 1.50 bits per heavy atom. The van der Waals surface area contributed by atoms with Gasteiger partial charge in [-0.15, -0.1) is 10.2 Å². The number of hydrogen-bond acceptors (Lipinski definition) is 6. The lowest BCUT2D eigenvalue weighted by Crippen LogP contribution is -2.33. The Morgan fingerprint density at radius 2 is 2.22 bits per heavy atom. The smallest absolute Gasteiger partial charge is 0.273 e. The maximum atomic E-state index is 11.6. The Morgan fingerprint density at radius 3 is 2.67 bits per heavy atom. The van der Waals surface area contributed by atoms with Crippen LogP contribution in [0.1, 0.15) is 10.5 Å². The topological polar surface area (TPSA) is 93.4 Å². The first-order valence-corrected chi connectivity index (χ1v) is 5.59. The van der Waals surface area contributed by atoms with E-state index in [-0.39, 0.29) is 11.9 Å². The summed E-state index contributed by atoms with van der Waals surface area (Å²) >= 11 is 0. The molecule has 1 unspecified atom stereocenters. The van der Waals surface area contributed by atoms with Gasteiger partial charge in [0.15, 0.2) is 5.69 Å². The largest absolute Gasteiger partial charge is 0.383 e. The van der Waals surface area contributed by atoms with E-state index in [0.29, 0.717) is 24.7 Å². The van der Waals surface area contributed by atoms with Gasteiger partial charge >= 0.3 is 0 Å². The Hall–Kier alpha value is -1.73. The van der Waals surface area contributed by atoms with Gasteiger partial charge in [-0.1, -0.05) is 0 Å². The fourth-order valence-corrected chi connectivity index (χ4v) is 1.33. The van der Waals surface area contributed by atoms with Crippen LogP contribution >= 0.6 is 0 Å². The molecule has 100 valence electrons. The summed E-state index contributed by atoms with van der Waals surface area (Å²) in [7, 11) is 4.94. The number of carbonyl (C=O) groups is 1. The van der Waals surface area contributed by atoms with Crippen molar-refractivity contribution in [3.05, 3.63) is 17.8 Å². The molecule has 18 heavy (non-hydrogen) atoms. The SMILES string of the molecule is COCC(CN)Nc1ccc(C(=O)N(C)C)nn1. The van der Waals surface area contributed by atoms with E-state index < -0.39 is 0 Å². The van der Waals surface area contributed by atoms with Gasteiger partial charge in [-0.3, -0.25) is 4.79 Å². The molecule has 1 atom stereocenters. The number of amides is 1. The van der Waals surface area contributed by atoms with Gasteiger partial charge in [0.25, 0.3) is 5.91 Å². The lowest BCUT2D eigenvalue weighted by molar-refractivity contribution is 0.0821. The highest BCUT2D eigenvalue weighted by atomic mass is 16.5. The predicted molar refractivity (Wildman–Crippen MR) is 68.4 cm³/mol. The van der Waals surface area contributed by atoms with Gasteiger partial charge in [-0.25, -0.2) is 0 Å². The van der Waals surface area contributed by atoms with Crippen LogP contribution in [0.25, 0.3) is 0 Å². The summed E-state index contributed by atoms with van der Waals surface area (Å²) in [5, 5.41) is 10.9. The molecule has 1 rings (SSSR count). The van der Waals surface area contributed by atoms with E-state index in [2.05, 4.69) is 15.5 Å². The van der Waals surface area contributed by atoms with Crippen LogP contribution in [0.15, 0.2) is 12.1 Å². The summed E-state index contributed by atoms with van der Waals surface area (Å²) in [6.45, 7) is 0.907. The minimum atomic E-state index is -0.179. The number of nitrogens with one attached hydrogen (secondary N) is 1. The van der Waals surface area contributed by atoms with Gasteiger partial charge < -0.3 is 20.7 Å². The summed E-state index contributed by atoms with van der Waals surface area (Å²) in [4.78, 5) is 13.0. The second kappa shape index (κ2) is 6.87. The molecule has 1 aromatic heterocycles. The van der Waals surface area contributed by atoms with Gasteiger partial charge in [0, 0.05) is 27.7 Å². The molecule has 0 spiro atoms. The zero-order valence-corrected chi connectivity index (χ0v) is 10.9. The van der Waals surface area contributed by atoms with Gasteiger partial charge in [-0.05, 0) is 12.1 Å². The predicted octanol–water partition coefficient (Wildman–Crippen LogP) is -0.436. The van der Waals surface area contributed by atoms with Gasteiger partial charge in [0.2, 0.25) is 0 Å². The third-order valence-corrected chi connectivity index (χ3v) is 2.29. The van der Waals surface area contributed by atoms with E-state index in [1.165, 1.54) is 4.90 Å². The van der Waals surface area contributed by atoms with Crippen molar-refractivity contribution in [3.8, 4) is 0 Å². The molecule has 1 aromatic rings. The van der Waals surface area contributed by atoms with E-state index in [4.69, 9.17) is 10.5 Å². The first-order valence-electron chi connectivity index (χ1n) is 5.59. The first-order chi connectivity index (χ1) is 8.58. The minimum Gasteiger partial charge on any atom is -0.383 e. The molecule has 3 N–H and O–H groups in total. The Kier molecular flexibility index (Phi) is 5.47. The zero-order valence-electron chi connectivity index (χ0n) is 10.9. The summed E-state index contributed by atoms with van der Waals surface area (Å²) in [5.74, 6) is 0.388. The molecular formula is C11H19N5O2. The number of aromatic nitrogens is 2. The quantitative estimate of drug-likeness (QED) is 0.714. The maximum Gasteiger partial charge on any atom is 0.273 e. The average Bonchev–Trinajstić information content (AvgIpc) is 2.38. The monoisotopic (exact) mass is 253 g/mol. The molecule has 0 radical (unpaired) electrons. The van der Waals surface area contributed by atoms with Crippen molar-refractivity contribution in [2.24, 2.45) is 5.73 Å².